The molecular weight excluding hydrogens is 304 g/mol. The number of hydrogen-bond donors (Lipinski definition) is 0. The first kappa shape index (κ1) is 15.7. The van der Waals surface area contributed by atoms with Crippen molar-refractivity contribution in [3.8, 4) is 18.1 Å². The average Bonchev–Trinajstić information content (AvgIpc) is 3.19. The lowest BCUT2D eigenvalue weighted by Crippen LogP contribution is -1.99. The highest BCUT2D eigenvalue weighted by Gasteiger charge is 2.06. The summed E-state index contributed by atoms with van der Waals surface area (Å²) in [7, 11) is 3.67. The predicted molar refractivity (Wildman–Crippen MR) is 88.1 cm³/mol. The minimum Gasteiger partial charge on any atom is -0.487 e. The zero-order chi connectivity index (χ0) is 16.9. The molecule has 7 nitrogen and oxygen atoms in total. The van der Waals surface area contributed by atoms with Crippen LogP contribution >= 0.6 is 0 Å². The molecule has 0 bridgehead atoms. The first-order valence-electron chi connectivity index (χ1n) is 7.56. The van der Waals surface area contributed by atoms with Crippen LogP contribution < -0.4 is 4.74 Å². The molecule has 3 rings (SSSR count). The van der Waals surface area contributed by atoms with Crippen LogP contribution in [0.1, 0.15) is 22.5 Å². The molecule has 0 aliphatic carbocycles. The molecule has 0 saturated heterocycles. The van der Waals surface area contributed by atoms with Gasteiger partial charge in [-0.15, -0.1) is 16.6 Å². The quantitative estimate of drug-likeness (QED) is 0.640. The monoisotopic (exact) mass is 322 g/mol. The van der Waals surface area contributed by atoms with Gasteiger partial charge in [-0.1, -0.05) is 16.3 Å². The third-order valence-corrected chi connectivity index (χ3v) is 3.49. The van der Waals surface area contributed by atoms with Gasteiger partial charge in [0, 0.05) is 25.9 Å². The first-order valence-corrected chi connectivity index (χ1v) is 7.56. The van der Waals surface area contributed by atoms with E-state index in [-0.39, 0.29) is 0 Å². The van der Waals surface area contributed by atoms with Crippen molar-refractivity contribution < 1.29 is 4.74 Å². The minimum absolute atomic E-state index is 0.353. The van der Waals surface area contributed by atoms with Crippen molar-refractivity contribution in [2.75, 3.05) is 0 Å². The Bertz CT molecular complexity index is 811. The predicted octanol–water partition coefficient (Wildman–Crippen LogP) is 1.29. The topological polar surface area (TPSA) is 70.7 Å². The molecule has 0 amide bonds. The maximum atomic E-state index is 5.80. The van der Waals surface area contributed by atoms with E-state index in [0.29, 0.717) is 6.61 Å². The summed E-state index contributed by atoms with van der Waals surface area (Å²) in [6.45, 7) is 0.353. The number of hydrogen-bond acceptors (Lipinski definition) is 5. The Hall–Kier alpha value is -3.14. The molecule has 0 aliphatic heterocycles. The smallest absolute Gasteiger partial charge is 0.134 e. The number of nitrogens with zero attached hydrogens (tertiary/aromatic N) is 6. The molecule has 1 aromatic carbocycles. The number of rotatable bonds is 6. The Morgan fingerprint density at radius 2 is 1.71 bits per heavy atom. The van der Waals surface area contributed by atoms with Crippen LogP contribution in [0.15, 0.2) is 30.6 Å². The molecule has 7 heteroatoms. The molecule has 0 aliphatic rings. The summed E-state index contributed by atoms with van der Waals surface area (Å²) in [5, 5.41) is 15.9. The number of aromatic nitrogens is 6. The van der Waals surface area contributed by atoms with Crippen molar-refractivity contribution in [2.24, 2.45) is 14.1 Å². The lowest BCUT2D eigenvalue weighted by atomic mass is 10.0. The third kappa shape index (κ3) is 3.98. The van der Waals surface area contributed by atoms with Crippen LogP contribution in [-0.2, 0) is 33.5 Å². The fraction of sp³-hybridized carbons (Fsp3) is 0.294. The van der Waals surface area contributed by atoms with Gasteiger partial charge in [0.2, 0.25) is 0 Å². The van der Waals surface area contributed by atoms with E-state index in [1.165, 1.54) is 0 Å². The van der Waals surface area contributed by atoms with E-state index < -0.39 is 0 Å². The molecule has 122 valence electrons. The minimum atomic E-state index is 0.353. The van der Waals surface area contributed by atoms with Crippen LogP contribution in [0.25, 0.3) is 0 Å². The molecule has 24 heavy (non-hydrogen) atoms. The summed E-state index contributed by atoms with van der Waals surface area (Å²) in [6.07, 6.45) is 10.9. The summed E-state index contributed by atoms with van der Waals surface area (Å²) in [5.41, 5.74) is 3.61. The highest BCUT2D eigenvalue weighted by atomic mass is 16.5. The van der Waals surface area contributed by atoms with E-state index in [2.05, 4.69) is 26.5 Å². The molecule has 2 aromatic heterocycles. The fourth-order valence-corrected chi connectivity index (χ4v) is 2.37. The molecule has 0 spiro atoms. The lowest BCUT2D eigenvalue weighted by molar-refractivity contribution is 0.301. The van der Waals surface area contributed by atoms with Gasteiger partial charge >= 0.3 is 0 Å². The van der Waals surface area contributed by atoms with E-state index in [1.807, 2.05) is 44.7 Å². The lowest BCUT2D eigenvalue weighted by Gasteiger charge is -2.08. The fourth-order valence-electron chi connectivity index (χ4n) is 2.37. The highest BCUT2D eigenvalue weighted by Crippen LogP contribution is 2.19. The van der Waals surface area contributed by atoms with E-state index in [0.717, 1.165) is 41.1 Å². The van der Waals surface area contributed by atoms with Crippen LogP contribution in [-0.4, -0.2) is 30.0 Å². The largest absolute Gasteiger partial charge is 0.487 e. The summed E-state index contributed by atoms with van der Waals surface area (Å²) in [6, 6.07) is 5.83. The van der Waals surface area contributed by atoms with Crippen LogP contribution in [0.3, 0.4) is 0 Å². The molecular formula is C17H18N6O. The van der Waals surface area contributed by atoms with E-state index >= 15 is 0 Å². The van der Waals surface area contributed by atoms with Gasteiger partial charge < -0.3 is 4.74 Å². The van der Waals surface area contributed by atoms with Gasteiger partial charge in [-0.05, 0) is 36.6 Å². The van der Waals surface area contributed by atoms with Crippen molar-refractivity contribution in [3.05, 3.63) is 53.1 Å². The van der Waals surface area contributed by atoms with Crippen LogP contribution in [0.4, 0.5) is 0 Å². The van der Waals surface area contributed by atoms with Gasteiger partial charge in [0.1, 0.15) is 18.1 Å². The van der Waals surface area contributed by atoms with Gasteiger partial charge in [0.15, 0.2) is 0 Å². The molecule has 0 unspecified atom stereocenters. The second kappa shape index (κ2) is 6.96. The SMILES string of the molecule is C#Cc1cc(CCc2cn(C)nn2)cc(OCc2cn(C)nn2)c1. The van der Waals surface area contributed by atoms with Crippen LogP contribution in [0.2, 0.25) is 0 Å². The number of benzene rings is 1. The summed E-state index contributed by atoms with van der Waals surface area (Å²) >= 11 is 0. The first-order chi connectivity index (χ1) is 11.6. The Labute approximate surface area is 140 Å². The summed E-state index contributed by atoms with van der Waals surface area (Å²) in [5.74, 6) is 3.40. The average molecular weight is 322 g/mol. The van der Waals surface area contributed by atoms with Crippen molar-refractivity contribution in [3.63, 3.8) is 0 Å². The number of aryl methyl sites for hydroxylation is 4. The number of ether oxygens (including phenoxy) is 1. The van der Waals surface area contributed by atoms with Crippen molar-refractivity contribution in [1.29, 1.82) is 0 Å². The van der Waals surface area contributed by atoms with E-state index in [1.54, 1.807) is 9.36 Å². The van der Waals surface area contributed by atoms with Gasteiger partial charge in [-0.2, -0.15) is 0 Å². The van der Waals surface area contributed by atoms with Crippen molar-refractivity contribution >= 4 is 0 Å². The van der Waals surface area contributed by atoms with Crippen LogP contribution in [0.5, 0.6) is 5.75 Å². The van der Waals surface area contributed by atoms with Crippen molar-refractivity contribution in [1.82, 2.24) is 30.0 Å². The molecule has 2 heterocycles. The zero-order valence-electron chi connectivity index (χ0n) is 13.7. The van der Waals surface area contributed by atoms with Crippen LogP contribution in [0, 0.1) is 12.3 Å². The Kier molecular flexibility index (Phi) is 4.57. The zero-order valence-corrected chi connectivity index (χ0v) is 13.7. The second-order valence-corrected chi connectivity index (χ2v) is 5.57. The molecule has 0 fully saturated rings. The molecule has 3 aromatic rings. The van der Waals surface area contributed by atoms with Gasteiger partial charge in [0.05, 0.1) is 11.9 Å². The Balaban J connectivity index is 1.69. The number of terminal acetylenes is 1. The summed E-state index contributed by atoms with van der Waals surface area (Å²) < 4.78 is 9.14. The van der Waals surface area contributed by atoms with E-state index in [4.69, 9.17) is 11.2 Å². The maximum absolute atomic E-state index is 5.80. The molecule has 0 N–H and O–H groups in total. The normalized spacial score (nSPS) is 10.5. The third-order valence-electron chi connectivity index (χ3n) is 3.49. The van der Waals surface area contributed by atoms with E-state index in [9.17, 15) is 0 Å². The Morgan fingerprint density at radius 3 is 2.33 bits per heavy atom. The summed E-state index contributed by atoms with van der Waals surface area (Å²) in [4.78, 5) is 0. The highest BCUT2D eigenvalue weighted by molar-refractivity contribution is 5.42. The Morgan fingerprint density at radius 1 is 1.00 bits per heavy atom. The van der Waals surface area contributed by atoms with Gasteiger partial charge in [-0.25, -0.2) is 0 Å². The van der Waals surface area contributed by atoms with Crippen molar-refractivity contribution in [2.45, 2.75) is 19.4 Å². The standard InChI is InChI=1S/C17H18N6O/c1-4-13-7-14(5-6-15-10-22(2)20-18-15)9-17(8-13)24-12-16-11-23(3)21-19-16/h1,7-11H,5-6,12H2,2-3H3. The second-order valence-electron chi connectivity index (χ2n) is 5.57. The molecule has 0 saturated carbocycles. The van der Waals surface area contributed by atoms with Gasteiger partial charge in [0.25, 0.3) is 0 Å². The van der Waals surface area contributed by atoms with Gasteiger partial charge in [-0.3, -0.25) is 9.36 Å². The molecule has 0 radical (unpaired) electrons. The molecule has 0 atom stereocenters. The maximum Gasteiger partial charge on any atom is 0.134 e.